The van der Waals surface area contributed by atoms with Crippen molar-refractivity contribution in [2.75, 3.05) is 6.61 Å². The van der Waals surface area contributed by atoms with Crippen molar-refractivity contribution in [2.45, 2.75) is 26.2 Å². The van der Waals surface area contributed by atoms with Gasteiger partial charge in [-0.2, -0.15) is 0 Å². The molecular formula is C28H26N2O3. The second kappa shape index (κ2) is 10.6. The van der Waals surface area contributed by atoms with Crippen molar-refractivity contribution in [2.24, 2.45) is 4.99 Å². The number of allylic oxidation sites excluding steroid dienone is 2. The molecule has 1 aromatic heterocycles. The van der Waals surface area contributed by atoms with E-state index in [9.17, 15) is 4.79 Å². The van der Waals surface area contributed by atoms with Crippen LogP contribution in [0.3, 0.4) is 0 Å². The highest BCUT2D eigenvalue weighted by molar-refractivity contribution is 5.90. The minimum Gasteiger partial charge on any atom is -0.490 e. The van der Waals surface area contributed by atoms with Gasteiger partial charge in [-0.1, -0.05) is 48.5 Å². The Kier molecular flexibility index (Phi) is 7.10. The first-order valence-electron chi connectivity index (χ1n) is 10.9. The Balaban J connectivity index is 1.50. The van der Waals surface area contributed by atoms with Gasteiger partial charge in [0.05, 0.1) is 11.3 Å². The number of ether oxygens (including phenoxy) is 2. The van der Waals surface area contributed by atoms with Gasteiger partial charge in [-0.15, -0.1) is 0 Å². The number of carbonyl (C=O) groups is 1. The van der Waals surface area contributed by atoms with Crippen LogP contribution in [0.15, 0.2) is 102 Å². The molecule has 0 aliphatic carbocycles. The van der Waals surface area contributed by atoms with Gasteiger partial charge in [0.25, 0.3) is 0 Å². The summed E-state index contributed by atoms with van der Waals surface area (Å²) in [5.41, 5.74) is 4.26. The van der Waals surface area contributed by atoms with Crippen molar-refractivity contribution in [3.05, 3.63) is 113 Å². The molecule has 2 heterocycles. The van der Waals surface area contributed by atoms with Crippen LogP contribution in [0.4, 0.5) is 0 Å². The number of hydrogen-bond acceptors (Lipinski definition) is 5. The molecule has 3 aromatic rings. The van der Waals surface area contributed by atoms with Crippen LogP contribution in [0.25, 0.3) is 6.08 Å². The third-order valence-electron chi connectivity index (χ3n) is 5.35. The van der Waals surface area contributed by atoms with Gasteiger partial charge in [0.1, 0.15) is 18.1 Å². The van der Waals surface area contributed by atoms with Gasteiger partial charge in [0.2, 0.25) is 0 Å². The molecule has 0 amide bonds. The Morgan fingerprint density at radius 2 is 1.91 bits per heavy atom. The van der Waals surface area contributed by atoms with Crippen LogP contribution < -0.4 is 4.74 Å². The van der Waals surface area contributed by atoms with E-state index >= 15 is 0 Å². The van der Waals surface area contributed by atoms with Gasteiger partial charge < -0.3 is 9.47 Å². The topological polar surface area (TPSA) is 60.8 Å². The maximum atomic E-state index is 12.7. The lowest BCUT2D eigenvalue weighted by Gasteiger charge is -2.25. The van der Waals surface area contributed by atoms with Crippen molar-refractivity contribution >= 4 is 17.8 Å². The van der Waals surface area contributed by atoms with E-state index in [-0.39, 0.29) is 5.92 Å². The Hall–Kier alpha value is -3.99. The lowest BCUT2D eigenvalue weighted by atomic mass is 9.89. The zero-order chi connectivity index (χ0) is 23.0. The number of hydrogen-bond donors (Lipinski definition) is 0. The van der Waals surface area contributed by atoms with Gasteiger partial charge in [0, 0.05) is 24.0 Å². The third kappa shape index (κ3) is 5.83. The van der Waals surface area contributed by atoms with Crippen molar-refractivity contribution < 1.29 is 14.3 Å². The van der Waals surface area contributed by atoms with E-state index in [1.807, 2.05) is 80.6 Å². The number of pyridine rings is 1. The Bertz CT molecular complexity index is 1200. The van der Waals surface area contributed by atoms with Crippen LogP contribution in [-0.2, 0) is 4.74 Å². The number of esters is 1. The highest BCUT2D eigenvalue weighted by atomic mass is 16.5. The zero-order valence-electron chi connectivity index (χ0n) is 18.8. The molecule has 166 valence electrons. The minimum absolute atomic E-state index is 0.119. The summed E-state index contributed by atoms with van der Waals surface area (Å²) < 4.78 is 11.8. The number of aromatic nitrogens is 1. The maximum absolute atomic E-state index is 12.7. The molecule has 0 fully saturated rings. The van der Waals surface area contributed by atoms with Gasteiger partial charge >= 0.3 is 5.97 Å². The lowest BCUT2D eigenvalue weighted by molar-refractivity contribution is 0.0598. The van der Waals surface area contributed by atoms with Crippen molar-refractivity contribution in [1.29, 1.82) is 0 Å². The van der Waals surface area contributed by atoms with Gasteiger partial charge in [-0.25, -0.2) is 4.79 Å². The summed E-state index contributed by atoms with van der Waals surface area (Å²) in [6.45, 7) is 4.32. The maximum Gasteiger partial charge on any atom is 0.344 e. The molecule has 0 bridgehead atoms. The highest BCUT2D eigenvalue weighted by Gasteiger charge is 2.28. The molecular weight excluding hydrogens is 412 g/mol. The summed E-state index contributed by atoms with van der Waals surface area (Å²) in [6, 6.07) is 21.4. The number of nitrogens with zero attached hydrogens (tertiary/aromatic N) is 2. The van der Waals surface area contributed by atoms with Crippen molar-refractivity contribution in [1.82, 2.24) is 4.98 Å². The Morgan fingerprint density at radius 1 is 1.06 bits per heavy atom. The van der Waals surface area contributed by atoms with E-state index in [2.05, 4.69) is 9.98 Å². The fourth-order valence-electron chi connectivity index (χ4n) is 3.80. The first kappa shape index (κ1) is 22.2. The lowest BCUT2D eigenvalue weighted by Crippen LogP contribution is -2.18. The normalized spacial score (nSPS) is 15.9. The zero-order valence-corrected chi connectivity index (χ0v) is 18.8. The van der Waals surface area contributed by atoms with Crippen LogP contribution in [0.5, 0.6) is 5.75 Å². The van der Waals surface area contributed by atoms with Crippen LogP contribution >= 0.6 is 0 Å². The van der Waals surface area contributed by atoms with Gasteiger partial charge in [0.15, 0.2) is 0 Å². The fourth-order valence-corrected chi connectivity index (χ4v) is 3.80. The molecule has 5 nitrogen and oxygen atoms in total. The number of rotatable bonds is 7. The second-order valence-corrected chi connectivity index (χ2v) is 7.88. The van der Waals surface area contributed by atoms with Crippen molar-refractivity contribution in [3.8, 4) is 5.75 Å². The molecule has 0 saturated heterocycles. The van der Waals surface area contributed by atoms with Gasteiger partial charge in [-0.3, -0.25) is 9.98 Å². The monoisotopic (exact) mass is 438 g/mol. The molecule has 33 heavy (non-hydrogen) atoms. The quantitative estimate of drug-likeness (QED) is 0.412. The molecule has 2 aromatic carbocycles. The average Bonchev–Trinajstić information content (AvgIpc) is 2.84. The second-order valence-electron chi connectivity index (χ2n) is 7.88. The van der Waals surface area contributed by atoms with Crippen LogP contribution in [-0.4, -0.2) is 23.3 Å². The average molecular weight is 439 g/mol. The molecule has 0 radical (unpaired) electrons. The first-order chi connectivity index (χ1) is 16.1. The summed E-state index contributed by atoms with van der Waals surface area (Å²) in [5.74, 6) is 0.777. The van der Waals surface area contributed by atoms with E-state index in [1.54, 1.807) is 18.3 Å². The fraction of sp³-hybridized carbons (Fsp3) is 0.179. The smallest absolute Gasteiger partial charge is 0.344 e. The summed E-state index contributed by atoms with van der Waals surface area (Å²) in [4.78, 5) is 21.3. The number of aliphatic imine (C=N–C) groups is 1. The molecule has 1 aliphatic rings. The van der Waals surface area contributed by atoms with Crippen LogP contribution in [0.1, 0.15) is 47.7 Å². The Labute approximate surface area is 194 Å². The first-order valence-corrected chi connectivity index (χ1v) is 10.9. The predicted octanol–water partition coefficient (Wildman–Crippen LogP) is 6.21. The highest BCUT2D eigenvalue weighted by Crippen LogP contribution is 2.36. The number of carbonyl (C=O) groups excluding carboxylic acids is 1. The third-order valence-corrected chi connectivity index (χ3v) is 5.35. The van der Waals surface area contributed by atoms with E-state index in [1.165, 1.54) is 6.20 Å². The minimum atomic E-state index is -0.435. The summed E-state index contributed by atoms with van der Waals surface area (Å²) >= 11 is 0. The van der Waals surface area contributed by atoms with E-state index in [0.29, 0.717) is 30.0 Å². The largest absolute Gasteiger partial charge is 0.490 e. The SMILES string of the molecule is CC1=NC(C)=C(OC(=O)c2cccnc2)C(c2cccc(OCC=Cc3ccccc3)c2)C1. The Morgan fingerprint density at radius 3 is 2.70 bits per heavy atom. The molecule has 0 spiro atoms. The van der Waals surface area contributed by atoms with Crippen molar-refractivity contribution in [3.63, 3.8) is 0 Å². The molecule has 1 aliphatic heterocycles. The molecule has 0 N–H and O–H groups in total. The molecule has 1 unspecified atom stereocenters. The molecule has 0 saturated carbocycles. The van der Waals surface area contributed by atoms with Gasteiger partial charge in [-0.05, 0) is 61.7 Å². The molecule has 5 heteroatoms. The molecule has 1 atom stereocenters. The standard InChI is InChI=1S/C28H26N2O3/c1-20-17-26(27(21(2)30-20)33-28(31)24-13-7-15-29-19-24)23-12-6-14-25(18-23)32-16-8-11-22-9-4-3-5-10-22/h3-15,18-19,26H,16-17H2,1-2H3. The summed E-state index contributed by atoms with van der Waals surface area (Å²) in [7, 11) is 0. The van der Waals surface area contributed by atoms with E-state index in [0.717, 1.165) is 22.6 Å². The van der Waals surface area contributed by atoms with E-state index in [4.69, 9.17) is 9.47 Å². The molecule has 4 rings (SSSR count). The van der Waals surface area contributed by atoms with E-state index < -0.39 is 5.97 Å². The summed E-state index contributed by atoms with van der Waals surface area (Å²) in [5, 5.41) is 0. The predicted molar refractivity (Wildman–Crippen MR) is 130 cm³/mol. The summed E-state index contributed by atoms with van der Waals surface area (Å²) in [6.07, 6.45) is 7.82. The van der Waals surface area contributed by atoms with Crippen LogP contribution in [0.2, 0.25) is 0 Å². The van der Waals surface area contributed by atoms with Crippen LogP contribution in [0, 0.1) is 0 Å². The number of benzene rings is 2.